The number of benzene rings is 1. The maximum atomic E-state index is 12.5. The number of sulfonamides is 1. The summed E-state index contributed by atoms with van der Waals surface area (Å²) in [5.74, 6) is 0.155. The molecule has 1 fully saturated rings. The van der Waals surface area contributed by atoms with Crippen LogP contribution in [-0.2, 0) is 10.0 Å². The van der Waals surface area contributed by atoms with Crippen molar-refractivity contribution in [2.24, 2.45) is 5.18 Å². The summed E-state index contributed by atoms with van der Waals surface area (Å²) in [5.41, 5.74) is 0.148. The van der Waals surface area contributed by atoms with Crippen LogP contribution in [0.4, 0.5) is 5.69 Å². The highest BCUT2D eigenvalue weighted by Crippen LogP contribution is 2.31. The molecule has 0 amide bonds. The lowest BCUT2D eigenvalue weighted by Gasteiger charge is -2.26. The topological polar surface area (TPSA) is 76.0 Å². The Kier molecular flexibility index (Phi) is 4.16. The van der Waals surface area contributed by atoms with Gasteiger partial charge in [0.2, 0.25) is 10.0 Å². The molecule has 1 aromatic rings. The fourth-order valence-corrected chi connectivity index (χ4v) is 3.82. The smallest absolute Gasteiger partial charge is 0.246 e. The predicted molar refractivity (Wildman–Crippen MR) is 71.1 cm³/mol. The van der Waals surface area contributed by atoms with E-state index in [2.05, 4.69) is 5.18 Å². The molecular formula is C12H16N2O4S. The van der Waals surface area contributed by atoms with Crippen molar-refractivity contribution in [3.63, 3.8) is 0 Å². The zero-order chi connectivity index (χ0) is 13.9. The average molecular weight is 284 g/mol. The zero-order valence-corrected chi connectivity index (χ0v) is 11.5. The highest BCUT2D eigenvalue weighted by Gasteiger charge is 2.28. The van der Waals surface area contributed by atoms with Crippen molar-refractivity contribution < 1.29 is 13.2 Å². The van der Waals surface area contributed by atoms with E-state index in [-0.39, 0.29) is 16.3 Å². The van der Waals surface area contributed by atoms with Gasteiger partial charge in [-0.1, -0.05) is 6.42 Å². The van der Waals surface area contributed by atoms with Crippen LogP contribution in [0.25, 0.3) is 0 Å². The largest absolute Gasteiger partial charge is 0.495 e. The van der Waals surface area contributed by atoms with Crippen LogP contribution >= 0.6 is 0 Å². The Hall–Kier alpha value is -1.47. The number of nitroso groups, excluding NO2 is 1. The molecule has 1 aromatic carbocycles. The van der Waals surface area contributed by atoms with Gasteiger partial charge < -0.3 is 4.74 Å². The normalized spacial score (nSPS) is 17.1. The first-order chi connectivity index (χ1) is 9.09. The van der Waals surface area contributed by atoms with E-state index < -0.39 is 10.0 Å². The fourth-order valence-electron chi connectivity index (χ4n) is 2.17. The Labute approximate surface area is 112 Å². The summed E-state index contributed by atoms with van der Waals surface area (Å²) in [7, 11) is -2.19. The maximum absolute atomic E-state index is 12.5. The molecule has 1 saturated heterocycles. The molecule has 2 rings (SSSR count). The van der Waals surface area contributed by atoms with Gasteiger partial charge >= 0.3 is 0 Å². The van der Waals surface area contributed by atoms with Crippen LogP contribution in [-0.4, -0.2) is 32.9 Å². The van der Waals surface area contributed by atoms with Crippen molar-refractivity contribution in [1.29, 1.82) is 0 Å². The highest BCUT2D eigenvalue weighted by atomic mass is 32.2. The standard InChI is InChI=1S/C12H16N2O4S/c1-18-11-9-10(13-15)5-6-12(11)19(16,17)14-7-3-2-4-8-14/h5-6,9H,2-4,7-8H2,1H3. The van der Waals surface area contributed by atoms with E-state index in [1.165, 1.54) is 29.6 Å². The Morgan fingerprint density at radius 3 is 2.47 bits per heavy atom. The van der Waals surface area contributed by atoms with Crippen LogP contribution in [0.3, 0.4) is 0 Å². The molecule has 1 aliphatic rings. The third kappa shape index (κ3) is 2.76. The van der Waals surface area contributed by atoms with Gasteiger partial charge in [0.1, 0.15) is 16.3 Å². The molecule has 0 unspecified atom stereocenters. The molecule has 6 nitrogen and oxygen atoms in total. The summed E-state index contributed by atoms with van der Waals surface area (Å²) >= 11 is 0. The molecule has 7 heteroatoms. The van der Waals surface area contributed by atoms with E-state index in [4.69, 9.17) is 4.74 Å². The molecule has 0 bridgehead atoms. The Morgan fingerprint density at radius 2 is 1.89 bits per heavy atom. The number of methoxy groups -OCH3 is 1. The predicted octanol–water partition coefficient (Wildman–Crippen LogP) is 2.27. The second kappa shape index (κ2) is 5.66. The van der Waals surface area contributed by atoms with Crippen LogP contribution in [0.2, 0.25) is 0 Å². The van der Waals surface area contributed by atoms with Gasteiger partial charge in [0.15, 0.2) is 0 Å². The van der Waals surface area contributed by atoms with Crippen LogP contribution in [0.5, 0.6) is 5.75 Å². The first-order valence-corrected chi connectivity index (χ1v) is 7.55. The lowest BCUT2D eigenvalue weighted by Crippen LogP contribution is -2.35. The molecule has 19 heavy (non-hydrogen) atoms. The third-order valence-electron chi connectivity index (χ3n) is 3.19. The molecule has 0 atom stereocenters. The Bertz CT molecular complexity index is 565. The van der Waals surface area contributed by atoms with Crippen LogP contribution in [0, 0.1) is 4.91 Å². The van der Waals surface area contributed by atoms with E-state index in [1.807, 2.05) is 0 Å². The summed E-state index contributed by atoms with van der Waals surface area (Å²) in [6.07, 6.45) is 2.79. The summed E-state index contributed by atoms with van der Waals surface area (Å²) in [5, 5.41) is 2.78. The Morgan fingerprint density at radius 1 is 1.21 bits per heavy atom. The quantitative estimate of drug-likeness (QED) is 0.795. The molecular weight excluding hydrogens is 268 g/mol. The van der Waals surface area contributed by atoms with Gasteiger partial charge in [-0.05, 0) is 30.2 Å². The van der Waals surface area contributed by atoms with Gasteiger partial charge in [-0.15, -0.1) is 4.91 Å². The molecule has 0 spiro atoms. The monoisotopic (exact) mass is 284 g/mol. The molecule has 1 aliphatic heterocycles. The van der Waals surface area contributed by atoms with Crippen molar-refractivity contribution in [2.75, 3.05) is 20.2 Å². The fraction of sp³-hybridized carbons (Fsp3) is 0.500. The molecule has 0 saturated carbocycles. The third-order valence-corrected chi connectivity index (χ3v) is 5.12. The van der Waals surface area contributed by atoms with E-state index in [0.29, 0.717) is 13.1 Å². The molecule has 0 radical (unpaired) electrons. The van der Waals surface area contributed by atoms with Gasteiger partial charge in [-0.3, -0.25) is 0 Å². The van der Waals surface area contributed by atoms with Gasteiger partial charge in [-0.25, -0.2) is 8.42 Å². The number of ether oxygens (including phenoxy) is 1. The first-order valence-electron chi connectivity index (χ1n) is 6.11. The van der Waals surface area contributed by atoms with Gasteiger partial charge in [-0.2, -0.15) is 4.31 Å². The molecule has 104 valence electrons. The lowest BCUT2D eigenvalue weighted by atomic mass is 10.2. The second-order valence-corrected chi connectivity index (χ2v) is 6.30. The van der Waals surface area contributed by atoms with E-state index in [9.17, 15) is 13.3 Å². The number of piperidine rings is 1. The van der Waals surface area contributed by atoms with Crippen molar-refractivity contribution in [1.82, 2.24) is 4.31 Å². The number of rotatable bonds is 4. The van der Waals surface area contributed by atoms with Crippen molar-refractivity contribution in [3.8, 4) is 5.75 Å². The number of nitrogens with zero attached hydrogens (tertiary/aromatic N) is 2. The summed E-state index contributed by atoms with van der Waals surface area (Å²) in [4.78, 5) is 10.6. The van der Waals surface area contributed by atoms with Crippen molar-refractivity contribution in [3.05, 3.63) is 23.1 Å². The minimum Gasteiger partial charge on any atom is -0.495 e. The van der Waals surface area contributed by atoms with Crippen molar-refractivity contribution in [2.45, 2.75) is 24.2 Å². The first kappa shape index (κ1) is 14.0. The lowest BCUT2D eigenvalue weighted by molar-refractivity contribution is 0.343. The Balaban J connectivity index is 2.41. The SMILES string of the molecule is COc1cc(N=O)ccc1S(=O)(=O)N1CCCCC1. The van der Waals surface area contributed by atoms with Crippen LogP contribution < -0.4 is 4.74 Å². The average Bonchev–Trinajstić information content (AvgIpc) is 2.47. The zero-order valence-electron chi connectivity index (χ0n) is 10.7. The van der Waals surface area contributed by atoms with Crippen LogP contribution in [0.15, 0.2) is 28.3 Å². The maximum Gasteiger partial charge on any atom is 0.246 e. The molecule has 0 aromatic heterocycles. The minimum atomic E-state index is -3.57. The molecule has 0 N–H and O–H groups in total. The van der Waals surface area contributed by atoms with Gasteiger partial charge in [0.05, 0.1) is 7.11 Å². The van der Waals surface area contributed by atoms with Gasteiger partial charge in [0, 0.05) is 19.2 Å². The van der Waals surface area contributed by atoms with E-state index in [0.717, 1.165) is 19.3 Å². The highest BCUT2D eigenvalue weighted by molar-refractivity contribution is 7.89. The summed E-state index contributed by atoms with van der Waals surface area (Å²) in [6.45, 7) is 1.05. The second-order valence-electron chi connectivity index (χ2n) is 4.39. The summed E-state index contributed by atoms with van der Waals surface area (Å²) < 4.78 is 31.5. The van der Waals surface area contributed by atoms with E-state index in [1.54, 1.807) is 0 Å². The van der Waals surface area contributed by atoms with Crippen molar-refractivity contribution >= 4 is 15.7 Å². The minimum absolute atomic E-state index is 0.0873. The molecule has 1 heterocycles. The van der Waals surface area contributed by atoms with Gasteiger partial charge in [0.25, 0.3) is 0 Å². The summed E-state index contributed by atoms with van der Waals surface area (Å²) in [6, 6.07) is 4.09. The number of hydrogen-bond donors (Lipinski definition) is 0. The van der Waals surface area contributed by atoms with E-state index >= 15 is 0 Å². The molecule has 0 aliphatic carbocycles. The van der Waals surface area contributed by atoms with Crippen LogP contribution in [0.1, 0.15) is 19.3 Å². The number of hydrogen-bond acceptors (Lipinski definition) is 5.